The number of benzene rings is 2. The van der Waals surface area contributed by atoms with Crippen molar-refractivity contribution in [1.82, 2.24) is 4.90 Å². The van der Waals surface area contributed by atoms with E-state index in [0.29, 0.717) is 12.2 Å². The van der Waals surface area contributed by atoms with Gasteiger partial charge in [0.2, 0.25) is 0 Å². The molecule has 0 radical (unpaired) electrons. The van der Waals surface area contributed by atoms with Crippen molar-refractivity contribution in [3.05, 3.63) is 58.7 Å². The normalized spacial score (nSPS) is 19.7. The maximum Gasteiger partial charge on any atom is 0.261 e. The van der Waals surface area contributed by atoms with Gasteiger partial charge in [0.1, 0.15) is 5.75 Å². The third-order valence-corrected chi connectivity index (χ3v) is 7.51. The SMILES string of the molecule is COc1cccc2c1CCC[C@H]2CN(C)CCc1ccc2c(c1)CCS2=O.CS(=O)(=O)O. The van der Waals surface area contributed by atoms with E-state index in [0.717, 1.165) is 48.7 Å². The van der Waals surface area contributed by atoms with Crippen LogP contribution in [0.2, 0.25) is 0 Å². The predicted octanol–water partition coefficient (Wildman–Crippen LogP) is 3.46. The van der Waals surface area contributed by atoms with Gasteiger partial charge in [-0.15, -0.1) is 0 Å². The lowest BCUT2D eigenvalue weighted by Crippen LogP contribution is -2.28. The van der Waals surface area contributed by atoms with Crippen molar-refractivity contribution in [1.29, 1.82) is 0 Å². The zero-order valence-corrected chi connectivity index (χ0v) is 20.7. The lowest BCUT2D eigenvalue weighted by atomic mass is 9.82. The fraction of sp³-hybridized carbons (Fsp3) is 0.500. The zero-order valence-electron chi connectivity index (χ0n) is 19.0. The third kappa shape index (κ3) is 6.88. The summed E-state index contributed by atoms with van der Waals surface area (Å²) >= 11 is 0. The van der Waals surface area contributed by atoms with E-state index in [1.807, 2.05) is 0 Å². The van der Waals surface area contributed by atoms with Gasteiger partial charge in [-0.3, -0.25) is 8.76 Å². The Labute approximate surface area is 194 Å². The van der Waals surface area contributed by atoms with Crippen molar-refractivity contribution >= 4 is 20.9 Å². The molecule has 8 heteroatoms. The first kappa shape index (κ1) is 24.9. The summed E-state index contributed by atoms with van der Waals surface area (Å²) in [6.07, 6.45) is 6.37. The van der Waals surface area contributed by atoms with E-state index in [9.17, 15) is 12.6 Å². The lowest BCUT2D eigenvalue weighted by Gasteiger charge is -2.30. The highest BCUT2D eigenvalue weighted by Gasteiger charge is 2.24. The molecule has 1 aliphatic carbocycles. The van der Waals surface area contributed by atoms with Crippen molar-refractivity contribution in [3.63, 3.8) is 0 Å². The molecule has 0 spiro atoms. The number of hydrogen-bond donors (Lipinski definition) is 1. The quantitative estimate of drug-likeness (QED) is 0.639. The van der Waals surface area contributed by atoms with Gasteiger partial charge in [0.05, 0.1) is 24.2 Å². The van der Waals surface area contributed by atoms with E-state index in [-0.39, 0.29) is 0 Å². The molecule has 6 nitrogen and oxygen atoms in total. The van der Waals surface area contributed by atoms with E-state index in [1.165, 1.54) is 35.1 Å². The molecule has 0 saturated heterocycles. The molecule has 2 atom stereocenters. The van der Waals surface area contributed by atoms with E-state index < -0.39 is 20.9 Å². The molecule has 4 rings (SSSR count). The number of rotatable bonds is 6. The molecule has 2 aromatic carbocycles. The van der Waals surface area contributed by atoms with Crippen molar-refractivity contribution in [2.24, 2.45) is 0 Å². The predicted molar refractivity (Wildman–Crippen MR) is 129 cm³/mol. The van der Waals surface area contributed by atoms with Crippen LogP contribution in [-0.4, -0.2) is 61.3 Å². The molecule has 2 aliphatic rings. The largest absolute Gasteiger partial charge is 0.496 e. The molecule has 0 saturated carbocycles. The minimum absolute atomic E-state index is 0.594. The van der Waals surface area contributed by atoms with Gasteiger partial charge in [0.25, 0.3) is 10.1 Å². The highest BCUT2D eigenvalue weighted by molar-refractivity contribution is 7.85. The van der Waals surface area contributed by atoms with Crippen LogP contribution in [0, 0.1) is 0 Å². The van der Waals surface area contributed by atoms with Gasteiger partial charge in [-0.05, 0) is 79.5 Å². The maximum atomic E-state index is 11.9. The number of methoxy groups -OCH3 is 1. The summed E-state index contributed by atoms with van der Waals surface area (Å²) in [5.41, 5.74) is 5.55. The number of hydrogen-bond acceptors (Lipinski definition) is 5. The van der Waals surface area contributed by atoms with Crippen molar-refractivity contribution in [3.8, 4) is 5.75 Å². The van der Waals surface area contributed by atoms with Gasteiger partial charge in [-0.25, -0.2) is 0 Å². The molecular weight excluding hydrogens is 446 g/mol. The molecule has 1 unspecified atom stereocenters. The van der Waals surface area contributed by atoms with Crippen LogP contribution < -0.4 is 4.74 Å². The van der Waals surface area contributed by atoms with Gasteiger partial charge in [-0.1, -0.05) is 24.3 Å². The second kappa shape index (κ2) is 10.9. The summed E-state index contributed by atoms with van der Waals surface area (Å²) in [5.74, 6) is 2.44. The third-order valence-electron chi connectivity index (χ3n) is 6.05. The Hall–Kier alpha value is -1.74. The highest BCUT2D eigenvalue weighted by Crippen LogP contribution is 2.37. The minimum Gasteiger partial charge on any atom is -0.496 e. The number of likely N-dealkylation sites (N-methyl/N-ethyl adjacent to an activating group) is 1. The minimum atomic E-state index is -3.67. The van der Waals surface area contributed by atoms with Crippen LogP contribution >= 0.6 is 0 Å². The second-order valence-electron chi connectivity index (χ2n) is 8.60. The number of aryl methyl sites for hydroxylation is 1. The van der Waals surface area contributed by atoms with Gasteiger partial charge < -0.3 is 9.64 Å². The highest BCUT2D eigenvalue weighted by atomic mass is 32.2. The van der Waals surface area contributed by atoms with Gasteiger partial charge in [0, 0.05) is 23.7 Å². The summed E-state index contributed by atoms with van der Waals surface area (Å²) < 4.78 is 43.4. The maximum absolute atomic E-state index is 11.9. The Morgan fingerprint density at radius 2 is 1.97 bits per heavy atom. The summed E-state index contributed by atoms with van der Waals surface area (Å²) in [5, 5.41) is 0. The van der Waals surface area contributed by atoms with Crippen LogP contribution in [0.5, 0.6) is 5.75 Å². The fourth-order valence-electron chi connectivity index (χ4n) is 4.60. The summed E-state index contributed by atoms with van der Waals surface area (Å²) in [4.78, 5) is 3.52. The molecule has 1 N–H and O–H groups in total. The Morgan fingerprint density at radius 3 is 2.69 bits per heavy atom. The Kier molecular flexibility index (Phi) is 8.49. The van der Waals surface area contributed by atoms with E-state index >= 15 is 0 Å². The molecule has 0 aromatic heterocycles. The molecule has 1 aliphatic heterocycles. The molecule has 0 fully saturated rings. The Morgan fingerprint density at radius 1 is 1.22 bits per heavy atom. The molecular formula is C24H33NO5S2. The second-order valence-corrected chi connectivity index (χ2v) is 11.6. The van der Waals surface area contributed by atoms with Crippen LogP contribution in [0.15, 0.2) is 41.3 Å². The van der Waals surface area contributed by atoms with Crippen molar-refractivity contribution in [2.75, 3.05) is 39.3 Å². The molecule has 1 heterocycles. The summed E-state index contributed by atoms with van der Waals surface area (Å²) in [6, 6.07) is 13.0. The lowest BCUT2D eigenvalue weighted by molar-refractivity contribution is 0.299. The Bertz CT molecular complexity index is 1060. The fourth-order valence-corrected chi connectivity index (χ4v) is 5.90. The van der Waals surface area contributed by atoms with Crippen LogP contribution in [0.25, 0.3) is 0 Å². The average Bonchev–Trinajstić information content (AvgIpc) is 3.11. The molecule has 176 valence electrons. The Balaban J connectivity index is 0.000000523. The molecule has 2 aromatic rings. The van der Waals surface area contributed by atoms with Crippen LogP contribution in [-0.2, 0) is 40.2 Å². The number of ether oxygens (including phenoxy) is 1. The summed E-state index contributed by atoms with van der Waals surface area (Å²) in [7, 11) is -0.427. The van der Waals surface area contributed by atoms with E-state index in [1.54, 1.807) is 7.11 Å². The van der Waals surface area contributed by atoms with Gasteiger partial charge >= 0.3 is 0 Å². The van der Waals surface area contributed by atoms with Crippen LogP contribution in [0.1, 0.15) is 41.0 Å². The topological polar surface area (TPSA) is 83.9 Å². The zero-order chi connectivity index (χ0) is 23.3. The molecule has 0 amide bonds. The first-order chi connectivity index (χ1) is 15.2. The summed E-state index contributed by atoms with van der Waals surface area (Å²) in [6.45, 7) is 2.15. The smallest absolute Gasteiger partial charge is 0.261 e. The van der Waals surface area contributed by atoms with E-state index in [4.69, 9.17) is 9.29 Å². The van der Waals surface area contributed by atoms with Gasteiger partial charge in [-0.2, -0.15) is 8.42 Å². The standard InChI is InChI=1S/C23H29NO2S.CH4O3S/c1-24(13-11-17-9-10-23-18(15-17)12-14-27(23)25)16-19-5-3-7-21-20(19)6-4-8-22(21)26-2;1-5(2,3)4/h4,6,8-10,15,19H,3,5,7,11-14,16H2,1-2H3;1H3,(H,2,3,4)/t19-,27?;/m0./s1. The van der Waals surface area contributed by atoms with Crippen LogP contribution in [0.3, 0.4) is 0 Å². The molecule has 0 bridgehead atoms. The first-order valence-electron chi connectivity index (χ1n) is 10.9. The number of fused-ring (bicyclic) bond motifs is 2. The van der Waals surface area contributed by atoms with Crippen molar-refractivity contribution < 1.29 is 21.9 Å². The first-order valence-corrected chi connectivity index (χ1v) is 14.1. The number of nitrogens with zero attached hydrogens (tertiary/aromatic N) is 1. The van der Waals surface area contributed by atoms with Gasteiger partial charge in [0.15, 0.2) is 0 Å². The van der Waals surface area contributed by atoms with Crippen molar-refractivity contribution in [2.45, 2.75) is 42.9 Å². The monoisotopic (exact) mass is 479 g/mol. The van der Waals surface area contributed by atoms with Crippen LogP contribution in [0.4, 0.5) is 0 Å². The average molecular weight is 480 g/mol. The van der Waals surface area contributed by atoms with E-state index in [2.05, 4.69) is 48.3 Å². The molecule has 32 heavy (non-hydrogen) atoms.